The van der Waals surface area contributed by atoms with E-state index >= 15 is 0 Å². The summed E-state index contributed by atoms with van der Waals surface area (Å²) in [7, 11) is -2.15. The van der Waals surface area contributed by atoms with Crippen LogP contribution < -0.4 is 15.8 Å². The van der Waals surface area contributed by atoms with Crippen molar-refractivity contribution in [3.8, 4) is 0 Å². The van der Waals surface area contributed by atoms with Gasteiger partial charge in [0.05, 0.1) is 14.1 Å². The Hall–Kier alpha value is -2.15. The molecule has 1 aliphatic rings. The molecule has 0 heterocycles. The highest BCUT2D eigenvalue weighted by Crippen LogP contribution is 2.39. The third-order valence-electron chi connectivity index (χ3n) is 5.41. The maximum Gasteiger partial charge on any atom is 0.302 e. The molecule has 0 spiro atoms. The van der Waals surface area contributed by atoms with Crippen LogP contribution in [-0.4, -0.2) is 44.0 Å². The Bertz CT molecular complexity index is 692. The molecule has 1 aromatic carbocycles. The second-order valence-corrected chi connectivity index (χ2v) is 12.6. The minimum Gasteiger partial charge on any atom is -0.460 e. The average Bonchev–Trinajstić information content (AvgIpc) is 2.56. The summed E-state index contributed by atoms with van der Waals surface area (Å²) >= 11 is 0. The van der Waals surface area contributed by atoms with E-state index in [1.165, 1.54) is 26.0 Å². The lowest BCUT2D eigenvalue weighted by Crippen LogP contribution is -2.66. The number of rotatable bonds is 5. The van der Waals surface area contributed by atoms with E-state index in [2.05, 4.69) is 35.9 Å². The molecule has 0 aromatic heterocycles. The van der Waals surface area contributed by atoms with Crippen LogP contribution in [0.25, 0.3) is 0 Å². The van der Waals surface area contributed by atoms with Gasteiger partial charge in [0.25, 0.3) is 0 Å². The minimum atomic E-state index is -2.15. The van der Waals surface area contributed by atoms with Crippen LogP contribution >= 0.6 is 0 Å². The fourth-order valence-corrected chi connectivity index (χ4v) is 8.27. The highest BCUT2D eigenvalue weighted by atomic mass is 28.3. The van der Waals surface area contributed by atoms with Crippen LogP contribution in [0.2, 0.25) is 18.6 Å². The summed E-state index contributed by atoms with van der Waals surface area (Å²) < 4.78 is 5.58. The van der Waals surface area contributed by atoms with Gasteiger partial charge in [0.2, 0.25) is 11.8 Å². The average molecular weight is 391 g/mol. The monoisotopic (exact) mass is 390 g/mol. The van der Waals surface area contributed by atoms with Gasteiger partial charge in [-0.15, -0.1) is 0 Å². The van der Waals surface area contributed by atoms with E-state index in [9.17, 15) is 14.4 Å². The van der Waals surface area contributed by atoms with E-state index in [1.807, 2.05) is 18.2 Å². The second kappa shape index (κ2) is 8.69. The van der Waals surface area contributed by atoms with Crippen LogP contribution in [-0.2, 0) is 19.1 Å². The first-order valence-corrected chi connectivity index (χ1v) is 12.5. The summed E-state index contributed by atoms with van der Waals surface area (Å²) in [6.07, 6.45) is 0.921. The molecule has 2 N–H and O–H groups in total. The molecular weight excluding hydrogens is 360 g/mol. The van der Waals surface area contributed by atoms with Gasteiger partial charge < -0.3 is 15.4 Å². The molecule has 0 saturated heterocycles. The first-order valence-electron chi connectivity index (χ1n) is 9.40. The Labute approximate surface area is 162 Å². The summed E-state index contributed by atoms with van der Waals surface area (Å²) in [5.74, 6) is -0.606. The van der Waals surface area contributed by atoms with Gasteiger partial charge in [0, 0.05) is 32.4 Å². The molecule has 6 nitrogen and oxygen atoms in total. The van der Waals surface area contributed by atoms with Crippen LogP contribution in [0.5, 0.6) is 0 Å². The van der Waals surface area contributed by atoms with Gasteiger partial charge >= 0.3 is 5.97 Å². The van der Waals surface area contributed by atoms with E-state index in [-0.39, 0.29) is 35.4 Å². The molecular formula is C20H30N2O4Si. The molecule has 1 aromatic rings. The molecule has 1 fully saturated rings. The van der Waals surface area contributed by atoms with Crippen LogP contribution in [0.4, 0.5) is 0 Å². The first-order chi connectivity index (χ1) is 12.6. The summed E-state index contributed by atoms with van der Waals surface area (Å²) in [5.41, 5.74) is -0.00852. The Kier molecular flexibility index (Phi) is 6.81. The Morgan fingerprint density at radius 2 is 1.56 bits per heavy atom. The van der Waals surface area contributed by atoms with Crippen molar-refractivity contribution in [1.82, 2.24) is 10.6 Å². The van der Waals surface area contributed by atoms with Gasteiger partial charge in [0.1, 0.15) is 6.10 Å². The predicted octanol–water partition coefficient (Wildman–Crippen LogP) is 1.71. The Morgan fingerprint density at radius 1 is 0.963 bits per heavy atom. The van der Waals surface area contributed by atoms with Gasteiger partial charge in [-0.05, 0) is 12.8 Å². The van der Waals surface area contributed by atoms with Crippen molar-refractivity contribution in [2.75, 3.05) is 0 Å². The Morgan fingerprint density at radius 3 is 2.07 bits per heavy atom. The van der Waals surface area contributed by atoms with Crippen LogP contribution in [0.1, 0.15) is 33.6 Å². The van der Waals surface area contributed by atoms with E-state index in [1.54, 1.807) is 0 Å². The van der Waals surface area contributed by atoms with Gasteiger partial charge in [-0.25, -0.2) is 0 Å². The number of benzene rings is 1. The number of ether oxygens (including phenoxy) is 1. The maximum absolute atomic E-state index is 12.0. The summed E-state index contributed by atoms with van der Waals surface area (Å²) in [6, 6.07) is 9.81. The van der Waals surface area contributed by atoms with Crippen molar-refractivity contribution < 1.29 is 19.1 Å². The van der Waals surface area contributed by atoms with Gasteiger partial charge in [-0.3, -0.25) is 14.4 Å². The zero-order valence-corrected chi connectivity index (χ0v) is 17.7. The van der Waals surface area contributed by atoms with E-state index in [0.29, 0.717) is 12.8 Å². The molecule has 0 bridgehead atoms. The second-order valence-electron chi connectivity index (χ2n) is 7.87. The van der Waals surface area contributed by atoms with Crippen molar-refractivity contribution in [1.29, 1.82) is 0 Å². The molecule has 2 amide bonds. The van der Waals surface area contributed by atoms with Gasteiger partial charge in [-0.2, -0.15) is 0 Å². The van der Waals surface area contributed by atoms with Crippen molar-refractivity contribution >= 4 is 31.0 Å². The van der Waals surface area contributed by atoms with Crippen LogP contribution in [0.3, 0.4) is 0 Å². The fraction of sp³-hybridized carbons (Fsp3) is 0.550. The van der Waals surface area contributed by atoms with Crippen LogP contribution in [0, 0.1) is 0 Å². The number of carbonyl (C=O) groups is 3. The molecule has 0 aliphatic heterocycles. The topological polar surface area (TPSA) is 84.5 Å². The summed E-state index contributed by atoms with van der Waals surface area (Å²) in [6.45, 7) is 8.86. The van der Waals surface area contributed by atoms with Crippen molar-refractivity contribution in [2.45, 2.75) is 70.4 Å². The lowest BCUT2D eigenvalue weighted by atomic mass is 9.87. The molecule has 0 unspecified atom stereocenters. The predicted molar refractivity (Wildman–Crippen MR) is 107 cm³/mol. The normalized spacial score (nSPS) is 25.4. The lowest BCUT2D eigenvalue weighted by molar-refractivity contribution is -0.150. The standard InChI is InChI=1S/C20H30N2O4Si/c1-13(23)21-17-11-12-18(26-15(3)25)19(22-14(2)24)20(17)27(4,5)16-9-7-6-8-10-16/h6-10,17-20H,11-12H2,1-5H3,(H,21,23)(H,22,24)/t17-,18+,19+,20+/m1/s1. The van der Waals surface area contributed by atoms with Crippen molar-refractivity contribution in [3.63, 3.8) is 0 Å². The van der Waals surface area contributed by atoms with Gasteiger partial charge in [-0.1, -0.05) is 48.6 Å². The molecule has 7 heteroatoms. The maximum atomic E-state index is 12.0. The largest absolute Gasteiger partial charge is 0.460 e. The molecule has 1 aliphatic carbocycles. The number of esters is 1. The molecule has 1 saturated carbocycles. The molecule has 148 valence electrons. The fourth-order valence-electron chi connectivity index (χ4n) is 4.38. The molecule has 27 heavy (non-hydrogen) atoms. The number of amides is 2. The van der Waals surface area contributed by atoms with E-state index in [0.717, 1.165) is 0 Å². The Balaban J connectivity index is 2.50. The number of hydrogen-bond donors (Lipinski definition) is 2. The third kappa shape index (κ3) is 5.19. The molecule has 4 atom stereocenters. The summed E-state index contributed by atoms with van der Waals surface area (Å²) in [4.78, 5) is 35.4. The number of carbonyl (C=O) groups excluding carboxylic acids is 3. The van der Waals surface area contributed by atoms with Gasteiger partial charge in [0.15, 0.2) is 0 Å². The zero-order chi connectivity index (χ0) is 20.2. The highest BCUT2D eigenvalue weighted by Gasteiger charge is 2.50. The highest BCUT2D eigenvalue weighted by molar-refractivity contribution is 6.91. The van der Waals surface area contributed by atoms with E-state index < -0.39 is 14.2 Å². The quantitative estimate of drug-likeness (QED) is 0.592. The van der Waals surface area contributed by atoms with E-state index in [4.69, 9.17) is 4.74 Å². The zero-order valence-electron chi connectivity index (χ0n) is 16.7. The number of hydrogen-bond acceptors (Lipinski definition) is 4. The third-order valence-corrected chi connectivity index (χ3v) is 9.66. The smallest absolute Gasteiger partial charge is 0.302 e. The van der Waals surface area contributed by atoms with Crippen molar-refractivity contribution in [3.05, 3.63) is 30.3 Å². The van der Waals surface area contributed by atoms with Crippen molar-refractivity contribution in [2.24, 2.45) is 0 Å². The lowest BCUT2D eigenvalue weighted by Gasteiger charge is -2.49. The molecule has 2 rings (SSSR count). The summed E-state index contributed by atoms with van der Waals surface area (Å²) in [5, 5.41) is 7.36. The van der Waals surface area contributed by atoms with Crippen LogP contribution in [0.15, 0.2) is 30.3 Å². The molecule has 0 radical (unpaired) electrons. The minimum absolute atomic E-state index is 0.00852. The number of nitrogens with one attached hydrogen (secondary N) is 2. The SMILES string of the molecule is CC(=O)N[C@@H]1[C@@H]([Si](C)(C)c2ccccc2)[C@H](NC(C)=O)CC[C@@H]1OC(C)=O. The first kappa shape index (κ1) is 21.2.